The van der Waals surface area contributed by atoms with Crippen LogP contribution >= 0.6 is 0 Å². The summed E-state index contributed by atoms with van der Waals surface area (Å²) in [4.78, 5) is 0. The Morgan fingerprint density at radius 3 is 0.896 bits per heavy atom. The molecule has 0 amide bonds. The van der Waals surface area contributed by atoms with Crippen LogP contribution in [-0.2, 0) is 10.6 Å². The first kappa shape index (κ1) is 49.4. The van der Waals surface area contributed by atoms with Gasteiger partial charge in [0.25, 0.3) is 0 Å². The molecule has 0 saturated carbocycles. The van der Waals surface area contributed by atoms with Gasteiger partial charge in [-0.15, -0.1) is 0 Å². The van der Waals surface area contributed by atoms with Gasteiger partial charge in [0.15, 0.2) is 0 Å². The van der Waals surface area contributed by atoms with Crippen molar-refractivity contribution in [1.29, 1.82) is 0 Å². The minimum absolute atomic E-state index is 0.827. The van der Waals surface area contributed by atoms with E-state index in [0.29, 0.717) is 0 Å². The van der Waals surface area contributed by atoms with Gasteiger partial charge in [-0.05, 0) is 0 Å². The minimum atomic E-state index is -3.90. The van der Waals surface area contributed by atoms with Gasteiger partial charge in [-0.25, -0.2) is 0 Å². The first-order chi connectivity index (χ1) is 23.6. The fourth-order valence-electron chi connectivity index (χ4n) is 6.75. The van der Waals surface area contributed by atoms with Crippen molar-refractivity contribution >= 4 is 38.8 Å². The average molecular weight is 897 g/mol. The van der Waals surface area contributed by atoms with Crippen molar-refractivity contribution in [2.45, 2.75) is 247 Å². The summed E-state index contributed by atoms with van der Waals surface area (Å²) >= 11 is -7.42. The second-order valence-corrected chi connectivity index (χ2v) is 35.3. The molecule has 0 aliphatic carbocycles. The molecule has 0 aliphatic rings. The third kappa shape index (κ3) is 30.0. The molecule has 0 aromatic rings. The zero-order valence-corrected chi connectivity index (χ0v) is 39.8. The van der Waals surface area contributed by atoms with Crippen LogP contribution in [0.1, 0.15) is 234 Å². The first-order valence-electron chi connectivity index (χ1n) is 22.2. The third-order valence-corrected chi connectivity index (χ3v) is 39.9. The summed E-state index contributed by atoms with van der Waals surface area (Å²) in [6, 6.07) is 0. The van der Waals surface area contributed by atoms with E-state index in [1.807, 2.05) is 0 Å². The van der Waals surface area contributed by atoms with E-state index in [1.165, 1.54) is 189 Å². The quantitative estimate of drug-likeness (QED) is 0.0453. The molecule has 0 radical (unpaired) electrons. The molecule has 0 spiro atoms. The second kappa shape index (κ2) is 38.2. The van der Waals surface area contributed by atoms with Gasteiger partial charge in [-0.2, -0.15) is 0 Å². The molecule has 0 rings (SSSR count). The molecular weight excluding hydrogens is 806 g/mol. The number of hydrogen-bond acceptors (Lipinski definition) is 4. The predicted molar refractivity (Wildman–Crippen MR) is 217 cm³/mol. The molecule has 290 valence electrons. The monoisotopic (exact) mass is 898 g/mol. The molecule has 4 nitrogen and oxygen atoms in total. The molecular formula is C42H90O4Sn2. The molecule has 48 heavy (non-hydrogen) atoms. The molecule has 0 unspecified atom stereocenters. The van der Waals surface area contributed by atoms with E-state index in [-0.39, 0.29) is 0 Å². The van der Waals surface area contributed by atoms with Crippen LogP contribution in [0.25, 0.3) is 0 Å². The molecule has 0 atom stereocenters. The van der Waals surface area contributed by atoms with Crippen molar-refractivity contribution in [3.05, 3.63) is 0 Å². The normalized spacial score (nSPS) is 12.4. The Labute approximate surface area is 314 Å². The molecule has 0 bridgehead atoms. The molecule has 0 saturated heterocycles. The van der Waals surface area contributed by atoms with Crippen LogP contribution < -0.4 is 0 Å². The van der Waals surface area contributed by atoms with Gasteiger partial charge >= 0.3 is 317 Å². The van der Waals surface area contributed by atoms with Crippen molar-refractivity contribution in [3.8, 4) is 0 Å². The Hall–Kier alpha value is 1.44. The van der Waals surface area contributed by atoms with Crippen molar-refractivity contribution in [3.63, 3.8) is 0 Å². The Bertz CT molecular complexity index is 590. The topological polar surface area (TPSA) is 36.9 Å². The van der Waals surface area contributed by atoms with Gasteiger partial charge in [0.1, 0.15) is 0 Å². The fourth-order valence-corrected chi connectivity index (χ4v) is 43.0. The zero-order valence-electron chi connectivity index (χ0n) is 34.1. The van der Waals surface area contributed by atoms with E-state index in [2.05, 4.69) is 41.5 Å². The van der Waals surface area contributed by atoms with Gasteiger partial charge in [0.05, 0.1) is 0 Å². The molecule has 0 heterocycles. The van der Waals surface area contributed by atoms with Crippen molar-refractivity contribution < 1.29 is 10.6 Å². The standard InChI is InChI=1S/3C8H17.3C6H13O.O.2Sn/c3*1-3-5-7-8-6-4-2;3*1-2-3-4-5-6-7;;;/h3*1,3-8H2,2H3;3*2-6H2,1H3;;;/q;;;3*-1;;+1;+2. The average Bonchev–Trinajstić information content (AvgIpc) is 3.09. The molecule has 0 fully saturated rings. The summed E-state index contributed by atoms with van der Waals surface area (Å²) in [5.74, 6) is 0. The Balaban J connectivity index is 6.28. The Morgan fingerprint density at radius 2 is 0.542 bits per heavy atom. The molecule has 0 N–H and O–H groups in total. The summed E-state index contributed by atoms with van der Waals surface area (Å²) < 4.78 is 33.0. The van der Waals surface area contributed by atoms with Gasteiger partial charge in [0, 0.05) is 0 Å². The summed E-state index contributed by atoms with van der Waals surface area (Å²) in [5, 5.41) is 0. The third-order valence-electron chi connectivity index (χ3n) is 10.0. The van der Waals surface area contributed by atoms with Crippen LogP contribution in [0.4, 0.5) is 0 Å². The van der Waals surface area contributed by atoms with Crippen LogP contribution in [0, 0.1) is 0 Å². The molecule has 0 aromatic heterocycles. The van der Waals surface area contributed by atoms with Crippen LogP contribution in [0.3, 0.4) is 0 Å². The molecule has 0 aliphatic heterocycles. The van der Waals surface area contributed by atoms with Crippen molar-refractivity contribution in [2.24, 2.45) is 0 Å². The molecule has 0 aromatic carbocycles. The van der Waals surface area contributed by atoms with Crippen molar-refractivity contribution in [1.82, 2.24) is 0 Å². The first-order valence-corrected chi connectivity index (χ1v) is 34.1. The van der Waals surface area contributed by atoms with Crippen LogP contribution in [0.15, 0.2) is 0 Å². The molecule has 6 heteroatoms. The van der Waals surface area contributed by atoms with Crippen molar-refractivity contribution in [2.75, 3.05) is 19.8 Å². The van der Waals surface area contributed by atoms with Crippen LogP contribution in [0.2, 0.25) is 13.3 Å². The van der Waals surface area contributed by atoms with Gasteiger partial charge in [0.2, 0.25) is 0 Å². The van der Waals surface area contributed by atoms with E-state index >= 15 is 0 Å². The maximum absolute atomic E-state index is 7.88. The van der Waals surface area contributed by atoms with E-state index in [1.54, 1.807) is 0 Å². The summed E-state index contributed by atoms with van der Waals surface area (Å²) in [7, 11) is 0. The van der Waals surface area contributed by atoms with E-state index < -0.39 is 38.8 Å². The summed E-state index contributed by atoms with van der Waals surface area (Å²) in [5.41, 5.74) is 0. The van der Waals surface area contributed by atoms with E-state index in [0.717, 1.165) is 37.1 Å². The van der Waals surface area contributed by atoms with Gasteiger partial charge in [-0.3, -0.25) is 0 Å². The van der Waals surface area contributed by atoms with E-state index in [9.17, 15) is 0 Å². The van der Waals surface area contributed by atoms with Gasteiger partial charge < -0.3 is 0 Å². The Kier molecular flexibility index (Phi) is 39.3. The van der Waals surface area contributed by atoms with Gasteiger partial charge in [-0.1, -0.05) is 0 Å². The SMILES string of the molecule is CCCCCCC[CH2][Sn]([CH2]CCCCCCC)([O]CCCCCC)[O][Sn]([CH2]CCCCCCC)([O]CCCCCC)[O]CCCCCC. The van der Waals surface area contributed by atoms with Crippen LogP contribution in [0.5, 0.6) is 0 Å². The number of hydrogen-bond donors (Lipinski definition) is 0. The maximum atomic E-state index is 7.88. The second-order valence-electron chi connectivity index (χ2n) is 15.0. The summed E-state index contributed by atoms with van der Waals surface area (Å²) in [6.07, 6.45) is 38.8. The predicted octanol–water partition coefficient (Wildman–Crippen LogP) is 15.3. The fraction of sp³-hybridized carbons (Fsp3) is 1.00. The Morgan fingerprint density at radius 1 is 0.271 bits per heavy atom. The zero-order chi connectivity index (χ0) is 35.3. The van der Waals surface area contributed by atoms with E-state index in [4.69, 9.17) is 10.6 Å². The number of unbranched alkanes of at least 4 members (excludes halogenated alkanes) is 24. The summed E-state index contributed by atoms with van der Waals surface area (Å²) in [6.45, 7) is 16.4. The van der Waals surface area contributed by atoms with Crippen LogP contribution in [-0.4, -0.2) is 58.6 Å². The number of rotatable bonds is 41.